The molecule has 0 radical (unpaired) electrons. The summed E-state index contributed by atoms with van der Waals surface area (Å²) in [4.78, 5) is 0. The van der Waals surface area contributed by atoms with Crippen LogP contribution in [0.4, 0.5) is 0 Å². The van der Waals surface area contributed by atoms with Crippen LogP contribution in [0, 0.1) is 6.92 Å². The van der Waals surface area contributed by atoms with Crippen LogP contribution in [0.15, 0.2) is 78.0 Å². The number of methoxy groups -OCH3 is 1. The van der Waals surface area contributed by atoms with E-state index in [0.29, 0.717) is 6.61 Å². The summed E-state index contributed by atoms with van der Waals surface area (Å²) in [6.07, 6.45) is 0. The second-order valence-electron chi connectivity index (χ2n) is 9.27. The summed E-state index contributed by atoms with van der Waals surface area (Å²) in [5.41, 5.74) is 4.90. The van der Waals surface area contributed by atoms with Gasteiger partial charge in [-0.1, -0.05) is 74.5 Å². The average molecular weight is 474 g/mol. The van der Waals surface area contributed by atoms with Crippen molar-refractivity contribution in [1.82, 2.24) is 14.8 Å². The number of hydrogen-bond donors (Lipinski definition) is 0. The Kier molecular flexibility index (Phi) is 7.27. The standard InChI is InChI=1S/C28H31N3O2S/c1-20-6-14-25(15-7-20)33-18-26-29-30-27(31(26)23-12-16-24(32-5)17-13-23)34-19-21-8-10-22(11-9-21)28(2,3)4/h6-17H,18-19H2,1-5H3. The molecular weight excluding hydrogens is 442 g/mol. The van der Waals surface area contributed by atoms with Crippen LogP contribution in [0.2, 0.25) is 0 Å². The van der Waals surface area contributed by atoms with E-state index >= 15 is 0 Å². The molecule has 0 bridgehead atoms. The first-order valence-electron chi connectivity index (χ1n) is 11.3. The van der Waals surface area contributed by atoms with E-state index in [9.17, 15) is 0 Å². The van der Waals surface area contributed by atoms with Crippen molar-refractivity contribution in [2.75, 3.05) is 7.11 Å². The monoisotopic (exact) mass is 473 g/mol. The Balaban J connectivity index is 1.56. The predicted molar refractivity (Wildman–Crippen MR) is 138 cm³/mol. The molecule has 0 aliphatic carbocycles. The van der Waals surface area contributed by atoms with Gasteiger partial charge in [0, 0.05) is 11.4 Å². The average Bonchev–Trinajstić information content (AvgIpc) is 3.25. The van der Waals surface area contributed by atoms with E-state index in [1.165, 1.54) is 16.7 Å². The van der Waals surface area contributed by atoms with Crippen LogP contribution in [-0.4, -0.2) is 21.9 Å². The van der Waals surface area contributed by atoms with Crippen LogP contribution < -0.4 is 9.47 Å². The topological polar surface area (TPSA) is 49.2 Å². The predicted octanol–water partition coefficient (Wildman–Crippen LogP) is 6.75. The normalized spacial score (nSPS) is 11.4. The van der Waals surface area contributed by atoms with Gasteiger partial charge in [0.25, 0.3) is 0 Å². The van der Waals surface area contributed by atoms with Crippen molar-refractivity contribution >= 4 is 11.8 Å². The maximum atomic E-state index is 6.02. The van der Waals surface area contributed by atoms with Crippen LogP contribution in [0.3, 0.4) is 0 Å². The lowest BCUT2D eigenvalue weighted by molar-refractivity contribution is 0.292. The van der Waals surface area contributed by atoms with Gasteiger partial charge in [-0.15, -0.1) is 10.2 Å². The number of hydrogen-bond acceptors (Lipinski definition) is 5. The van der Waals surface area contributed by atoms with E-state index in [-0.39, 0.29) is 5.41 Å². The molecule has 0 aliphatic rings. The third-order valence-electron chi connectivity index (χ3n) is 5.61. The molecule has 1 aromatic heterocycles. The van der Waals surface area contributed by atoms with Crippen molar-refractivity contribution in [2.24, 2.45) is 0 Å². The van der Waals surface area contributed by atoms with Gasteiger partial charge >= 0.3 is 0 Å². The van der Waals surface area contributed by atoms with Gasteiger partial charge in [0.15, 0.2) is 11.0 Å². The van der Waals surface area contributed by atoms with E-state index < -0.39 is 0 Å². The second kappa shape index (κ2) is 10.3. The van der Waals surface area contributed by atoms with Crippen LogP contribution in [0.5, 0.6) is 11.5 Å². The highest BCUT2D eigenvalue weighted by Gasteiger charge is 2.17. The molecule has 1 heterocycles. The minimum absolute atomic E-state index is 0.145. The van der Waals surface area contributed by atoms with Crippen LogP contribution in [0.1, 0.15) is 43.3 Å². The van der Waals surface area contributed by atoms with Crippen molar-refractivity contribution < 1.29 is 9.47 Å². The minimum atomic E-state index is 0.145. The van der Waals surface area contributed by atoms with Gasteiger partial charge in [0.1, 0.15) is 18.1 Å². The summed E-state index contributed by atoms with van der Waals surface area (Å²) in [7, 11) is 1.67. The van der Waals surface area contributed by atoms with E-state index in [2.05, 4.69) is 66.7 Å². The van der Waals surface area contributed by atoms with Gasteiger partial charge < -0.3 is 9.47 Å². The fourth-order valence-corrected chi connectivity index (χ4v) is 4.44. The maximum Gasteiger partial charge on any atom is 0.196 e. The molecule has 176 valence electrons. The molecule has 0 amide bonds. The third-order valence-corrected chi connectivity index (χ3v) is 6.61. The molecule has 0 saturated carbocycles. The molecule has 0 spiro atoms. The zero-order chi connectivity index (χ0) is 24.1. The number of benzene rings is 3. The number of thioether (sulfide) groups is 1. The summed E-state index contributed by atoms with van der Waals surface area (Å²) in [6.45, 7) is 9.07. The summed E-state index contributed by atoms with van der Waals surface area (Å²) >= 11 is 1.67. The Labute approximate surface area is 206 Å². The van der Waals surface area contributed by atoms with Crippen LogP contribution in [-0.2, 0) is 17.8 Å². The van der Waals surface area contributed by atoms with Gasteiger partial charge in [-0.05, 0) is 59.9 Å². The van der Waals surface area contributed by atoms with Gasteiger partial charge in [-0.3, -0.25) is 4.57 Å². The lowest BCUT2D eigenvalue weighted by Gasteiger charge is -2.19. The van der Waals surface area contributed by atoms with Gasteiger partial charge in [0.2, 0.25) is 0 Å². The summed E-state index contributed by atoms with van der Waals surface area (Å²) < 4.78 is 13.4. The first-order chi connectivity index (χ1) is 16.3. The van der Waals surface area contributed by atoms with E-state index in [0.717, 1.165) is 33.9 Å². The Morgan fingerprint density at radius 3 is 2.09 bits per heavy atom. The van der Waals surface area contributed by atoms with Crippen molar-refractivity contribution in [3.63, 3.8) is 0 Å². The van der Waals surface area contributed by atoms with E-state index in [1.807, 2.05) is 48.5 Å². The highest BCUT2D eigenvalue weighted by molar-refractivity contribution is 7.98. The molecule has 0 unspecified atom stereocenters. The van der Waals surface area contributed by atoms with E-state index in [4.69, 9.17) is 9.47 Å². The molecule has 34 heavy (non-hydrogen) atoms. The summed E-state index contributed by atoms with van der Waals surface area (Å²) in [6, 6.07) is 24.8. The highest BCUT2D eigenvalue weighted by Crippen LogP contribution is 2.28. The molecule has 3 aromatic carbocycles. The van der Waals surface area contributed by atoms with Crippen LogP contribution >= 0.6 is 11.8 Å². The maximum absolute atomic E-state index is 6.02. The fourth-order valence-electron chi connectivity index (χ4n) is 3.51. The molecule has 4 aromatic rings. The lowest BCUT2D eigenvalue weighted by Crippen LogP contribution is -2.10. The zero-order valence-corrected chi connectivity index (χ0v) is 21.2. The van der Waals surface area contributed by atoms with Crippen molar-refractivity contribution in [3.05, 3.63) is 95.3 Å². The molecule has 0 aliphatic heterocycles. The SMILES string of the molecule is COc1ccc(-n2c(COc3ccc(C)cc3)nnc2SCc2ccc(C(C)(C)C)cc2)cc1. The molecule has 4 rings (SSSR count). The molecule has 5 nitrogen and oxygen atoms in total. The van der Waals surface area contributed by atoms with Gasteiger partial charge in [-0.2, -0.15) is 0 Å². The van der Waals surface area contributed by atoms with Crippen molar-refractivity contribution in [2.45, 2.75) is 50.6 Å². The Hall–Kier alpha value is -3.25. The number of rotatable bonds is 8. The molecule has 0 atom stereocenters. The Morgan fingerprint density at radius 1 is 0.824 bits per heavy atom. The number of aromatic nitrogens is 3. The largest absolute Gasteiger partial charge is 0.497 e. The first kappa shape index (κ1) is 23.9. The fraction of sp³-hybridized carbons (Fsp3) is 0.286. The van der Waals surface area contributed by atoms with Crippen molar-refractivity contribution in [1.29, 1.82) is 0 Å². The molecule has 0 N–H and O–H groups in total. The highest BCUT2D eigenvalue weighted by atomic mass is 32.2. The van der Waals surface area contributed by atoms with Gasteiger partial charge in [-0.25, -0.2) is 0 Å². The zero-order valence-electron chi connectivity index (χ0n) is 20.4. The summed E-state index contributed by atoms with van der Waals surface area (Å²) in [5.74, 6) is 3.17. The first-order valence-corrected chi connectivity index (χ1v) is 12.3. The minimum Gasteiger partial charge on any atom is -0.497 e. The smallest absolute Gasteiger partial charge is 0.196 e. The molecule has 6 heteroatoms. The molecule has 0 fully saturated rings. The molecular formula is C28H31N3O2S. The molecule has 0 saturated heterocycles. The third kappa shape index (κ3) is 5.81. The van der Waals surface area contributed by atoms with Crippen LogP contribution in [0.25, 0.3) is 5.69 Å². The van der Waals surface area contributed by atoms with E-state index in [1.54, 1.807) is 18.9 Å². The number of nitrogens with zero attached hydrogens (tertiary/aromatic N) is 3. The Bertz CT molecular complexity index is 1210. The number of aryl methyl sites for hydroxylation is 1. The van der Waals surface area contributed by atoms with Crippen molar-refractivity contribution in [3.8, 4) is 17.2 Å². The number of ether oxygens (including phenoxy) is 2. The lowest BCUT2D eigenvalue weighted by atomic mass is 9.87. The van der Waals surface area contributed by atoms with Gasteiger partial charge in [0.05, 0.1) is 7.11 Å². The quantitative estimate of drug-likeness (QED) is 0.265. The second-order valence-corrected chi connectivity index (χ2v) is 10.2. The summed E-state index contributed by atoms with van der Waals surface area (Å²) in [5, 5.41) is 9.79. The Morgan fingerprint density at radius 2 is 1.47 bits per heavy atom.